The maximum absolute atomic E-state index is 6.21. The van der Waals surface area contributed by atoms with Crippen molar-refractivity contribution in [1.82, 2.24) is 5.32 Å². The smallest absolute Gasteiger partial charge is 0.0415 e. The fraction of sp³-hybridized carbons (Fsp3) is 0.667. The van der Waals surface area contributed by atoms with E-state index in [-0.39, 0.29) is 0 Å². The number of nitrogens with one attached hydrogen (secondary N) is 1. The number of halogens is 1. The number of nitrogens with zero attached hydrogens (tertiary/aromatic N) is 1. The zero-order chi connectivity index (χ0) is 15.8. The van der Waals surface area contributed by atoms with Gasteiger partial charge >= 0.3 is 0 Å². The van der Waals surface area contributed by atoms with Gasteiger partial charge in [0.25, 0.3) is 0 Å². The predicted molar refractivity (Wildman–Crippen MR) is 95.4 cm³/mol. The Morgan fingerprint density at radius 2 is 1.90 bits per heavy atom. The van der Waals surface area contributed by atoms with Crippen LogP contribution in [0, 0.1) is 0 Å². The molecule has 0 aliphatic rings. The van der Waals surface area contributed by atoms with E-state index in [1.807, 2.05) is 6.07 Å². The molecule has 1 aromatic rings. The summed E-state index contributed by atoms with van der Waals surface area (Å²) in [4.78, 5) is 2.54. The molecule has 0 aliphatic carbocycles. The van der Waals surface area contributed by atoms with E-state index in [0.717, 1.165) is 24.5 Å². The topological polar surface area (TPSA) is 15.3 Å². The highest BCUT2D eigenvalue weighted by molar-refractivity contribution is 6.30. The summed E-state index contributed by atoms with van der Waals surface area (Å²) in [5.41, 5.74) is 2.63. The Kier molecular flexibility index (Phi) is 8.13. The zero-order valence-corrected chi connectivity index (χ0v) is 15.0. The van der Waals surface area contributed by atoms with Crippen molar-refractivity contribution in [1.29, 1.82) is 0 Å². The quantitative estimate of drug-likeness (QED) is 0.670. The van der Waals surface area contributed by atoms with E-state index in [0.29, 0.717) is 12.1 Å². The van der Waals surface area contributed by atoms with Crippen molar-refractivity contribution in [3.05, 3.63) is 28.8 Å². The highest BCUT2D eigenvalue weighted by Crippen LogP contribution is 2.27. The maximum atomic E-state index is 6.21. The third-order valence-corrected chi connectivity index (χ3v) is 4.16. The van der Waals surface area contributed by atoms with Gasteiger partial charge in [-0.2, -0.15) is 0 Å². The zero-order valence-electron chi connectivity index (χ0n) is 14.2. The summed E-state index contributed by atoms with van der Waals surface area (Å²) >= 11 is 6.21. The number of benzene rings is 1. The Morgan fingerprint density at radius 1 is 1.19 bits per heavy atom. The molecule has 3 heteroatoms. The SMILES string of the molecule is CCCCN(c1ccc(Cl)cc1CNC(C)C)C(C)CC. The molecule has 0 radical (unpaired) electrons. The second-order valence-corrected chi connectivity index (χ2v) is 6.55. The van der Waals surface area contributed by atoms with Crippen LogP contribution in [0.25, 0.3) is 0 Å². The van der Waals surface area contributed by atoms with Gasteiger partial charge in [-0.15, -0.1) is 0 Å². The first-order valence-electron chi connectivity index (χ1n) is 8.28. The van der Waals surface area contributed by atoms with Crippen molar-refractivity contribution in [2.75, 3.05) is 11.4 Å². The van der Waals surface area contributed by atoms with Gasteiger partial charge in [-0.1, -0.05) is 45.7 Å². The first-order valence-corrected chi connectivity index (χ1v) is 8.65. The molecule has 1 atom stereocenters. The Bertz CT molecular complexity index is 418. The molecule has 1 N–H and O–H groups in total. The molecule has 1 rings (SSSR count). The Hall–Kier alpha value is -0.730. The van der Waals surface area contributed by atoms with Crippen molar-refractivity contribution in [3.8, 4) is 0 Å². The highest BCUT2D eigenvalue weighted by Gasteiger charge is 2.16. The largest absolute Gasteiger partial charge is 0.369 e. The van der Waals surface area contributed by atoms with Crippen LogP contribution >= 0.6 is 11.6 Å². The number of hydrogen-bond donors (Lipinski definition) is 1. The van der Waals surface area contributed by atoms with Crippen LogP contribution in [0.3, 0.4) is 0 Å². The summed E-state index contributed by atoms with van der Waals surface area (Å²) < 4.78 is 0. The number of unbranched alkanes of at least 4 members (excludes halogenated alkanes) is 1. The van der Waals surface area contributed by atoms with Crippen LogP contribution in [0.4, 0.5) is 5.69 Å². The van der Waals surface area contributed by atoms with Gasteiger partial charge in [0.05, 0.1) is 0 Å². The van der Waals surface area contributed by atoms with Crippen molar-refractivity contribution >= 4 is 17.3 Å². The van der Waals surface area contributed by atoms with Crippen molar-refractivity contribution < 1.29 is 0 Å². The van der Waals surface area contributed by atoms with E-state index in [1.165, 1.54) is 24.1 Å². The minimum absolute atomic E-state index is 0.476. The molecule has 0 saturated carbocycles. The van der Waals surface area contributed by atoms with E-state index < -0.39 is 0 Å². The maximum Gasteiger partial charge on any atom is 0.0415 e. The van der Waals surface area contributed by atoms with Crippen LogP contribution in [0.15, 0.2) is 18.2 Å². The Morgan fingerprint density at radius 3 is 2.48 bits per heavy atom. The summed E-state index contributed by atoms with van der Waals surface area (Å²) in [5, 5.41) is 4.33. The molecule has 0 spiro atoms. The van der Waals surface area contributed by atoms with Gasteiger partial charge < -0.3 is 10.2 Å². The third-order valence-electron chi connectivity index (χ3n) is 3.93. The lowest BCUT2D eigenvalue weighted by Gasteiger charge is -2.33. The lowest BCUT2D eigenvalue weighted by atomic mass is 10.1. The molecule has 2 nitrogen and oxygen atoms in total. The number of rotatable bonds is 9. The molecule has 120 valence electrons. The standard InChI is InChI=1S/C18H31ClN2/c1-6-8-11-21(15(5)7-2)18-10-9-17(19)12-16(18)13-20-14(3)4/h9-10,12,14-15,20H,6-8,11,13H2,1-5H3. The molecule has 0 aromatic heterocycles. The number of anilines is 1. The van der Waals surface area contributed by atoms with E-state index in [1.54, 1.807) is 0 Å². The van der Waals surface area contributed by atoms with Crippen molar-refractivity contribution in [2.24, 2.45) is 0 Å². The number of hydrogen-bond acceptors (Lipinski definition) is 2. The van der Waals surface area contributed by atoms with Crippen LogP contribution in [0.1, 0.15) is 59.4 Å². The van der Waals surface area contributed by atoms with Crippen molar-refractivity contribution in [3.63, 3.8) is 0 Å². The molecule has 0 fully saturated rings. The average Bonchev–Trinajstić information content (AvgIpc) is 2.46. The molecule has 21 heavy (non-hydrogen) atoms. The molecule has 1 unspecified atom stereocenters. The first-order chi connectivity index (χ1) is 9.99. The lowest BCUT2D eigenvalue weighted by Crippen LogP contribution is -2.35. The van der Waals surface area contributed by atoms with Gasteiger partial charge in [0.2, 0.25) is 0 Å². The van der Waals surface area contributed by atoms with Crippen LogP contribution in [-0.2, 0) is 6.54 Å². The Balaban J connectivity index is 3.04. The minimum Gasteiger partial charge on any atom is -0.369 e. The molecular weight excluding hydrogens is 280 g/mol. The monoisotopic (exact) mass is 310 g/mol. The summed E-state index contributed by atoms with van der Waals surface area (Å²) in [6.07, 6.45) is 3.60. The first kappa shape index (κ1) is 18.3. The molecule has 0 heterocycles. The van der Waals surface area contributed by atoms with Crippen LogP contribution in [0.5, 0.6) is 0 Å². The minimum atomic E-state index is 0.476. The lowest BCUT2D eigenvalue weighted by molar-refractivity contribution is 0.573. The summed E-state index contributed by atoms with van der Waals surface area (Å²) in [5.74, 6) is 0. The normalized spacial score (nSPS) is 12.7. The second kappa shape index (κ2) is 9.32. The predicted octanol–water partition coefficient (Wildman–Crippen LogP) is 5.24. The van der Waals surface area contributed by atoms with Crippen LogP contribution < -0.4 is 10.2 Å². The fourth-order valence-electron chi connectivity index (χ4n) is 2.42. The van der Waals surface area contributed by atoms with Gasteiger partial charge in [-0.05, 0) is 43.5 Å². The van der Waals surface area contributed by atoms with Gasteiger partial charge in [0.1, 0.15) is 0 Å². The summed E-state index contributed by atoms with van der Waals surface area (Å²) in [6.45, 7) is 13.1. The molecule has 1 aromatic carbocycles. The molecular formula is C18H31ClN2. The molecule has 0 bridgehead atoms. The molecule has 0 saturated heterocycles. The van der Waals surface area contributed by atoms with Crippen molar-refractivity contribution in [2.45, 2.75) is 72.5 Å². The molecule has 0 amide bonds. The van der Waals surface area contributed by atoms with Gasteiger partial charge in [0, 0.05) is 35.9 Å². The summed E-state index contributed by atoms with van der Waals surface area (Å²) in [7, 11) is 0. The van der Waals surface area contributed by atoms with Crippen LogP contribution in [-0.4, -0.2) is 18.6 Å². The van der Waals surface area contributed by atoms with Gasteiger partial charge in [-0.25, -0.2) is 0 Å². The average molecular weight is 311 g/mol. The third kappa shape index (κ3) is 5.88. The summed E-state index contributed by atoms with van der Waals surface area (Å²) in [6, 6.07) is 7.33. The van der Waals surface area contributed by atoms with Gasteiger partial charge in [-0.3, -0.25) is 0 Å². The van der Waals surface area contributed by atoms with E-state index >= 15 is 0 Å². The second-order valence-electron chi connectivity index (χ2n) is 6.11. The van der Waals surface area contributed by atoms with Crippen LogP contribution in [0.2, 0.25) is 5.02 Å². The van der Waals surface area contributed by atoms with E-state index in [9.17, 15) is 0 Å². The highest BCUT2D eigenvalue weighted by atomic mass is 35.5. The Labute approximate surface area is 135 Å². The fourth-order valence-corrected chi connectivity index (χ4v) is 2.61. The molecule has 0 aliphatic heterocycles. The van der Waals surface area contributed by atoms with Gasteiger partial charge in [0.15, 0.2) is 0 Å². The van der Waals surface area contributed by atoms with E-state index in [4.69, 9.17) is 11.6 Å². The van der Waals surface area contributed by atoms with E-state index in [2.05, 4.69) is 57.0 Å².